The Balaban J connectivity index is 1.34. The van der Waals surface area contributed by atoms with Crippen molar-refractivity contribution in [3.8, 4) is 22.5 Å². The highest BCUT2D eigenvalue weighted by atomic mass is 35.5. The Kier molecular flexibility index (Phi) is 9.36. The van der Waals surface area contributed by atoms with Crippen molar-refractivity contribution in [2.24, 2.45) is 0 Å². The molecule has 0 amide bonds. The first kappa shape index (κ1) is 32.7. The van der Waals surface area contributed by atoms with E-state index in [1.54, 1.807) is 4.57 Å². The zero-order valence-electron chi connectivity index (χ0n) is 27.5. The quantitative estimate of drug-likeness (QED) is 0.103. The maximum absolute atomic E-state index is 12.2. The minimum absolute atomic E-state index is 0.0423. The summed E-state index contributed by atoms with van der Waals surface area (Å²) in [5.74, 6) is 0.348. The van der Waals surface area contributed by atoms with Gasteiger partial charge in [0.15, 0.2) is 11.5 Å². The molecular formula is C41H35ClN6O2. The van der Waals surface area contributed by atoms with E-state index in [4.69, 9.17) is 16.8 Å². The summed E-state index contributed by atoms with van der Waals surface area (Å²) in [6.45, 7) is 2.42. The second-order valence-electron chi connectivity index (χ2n) is 12.1. The van der Waals surface area contributed by atoms with Crippen LogP contribution in [0, 0.1) is 0 Å². The molecule has 0 atom stereocenters. The number of tetrazole rings is 1. The third kappa shape index (κ3) is 5.88. The predicted molar refractivity (Wildman–Crippen MR) is 195 cm³/mol. The lowest BCUT2D eigenvalue weighted by Gasteiger charge is -2.36. The molecule has 7 rings (SSSR count). The standard InChI is InChI=1S/C41H35ClN6O2/c1-2-14-37-43-36(27-42)38(40(49)50)47(37)28-29-23-25-30(26-24-29)34-21-12-13-22-35(34)39-44-45-46-48(39)41(31-15-6-3-7-16-31,32-17-8-4-9-18-32)33-19-10-5-11-20-33/h3-13,15-26H,2,14,27-28H2,1H3,(H,49,50). The number of aryl methyl sites for hydroxylation is 1. The molecule has 0 saturated carbocycles. The number of carbonyl (C=O) groups is 1. The largest absolute Gasteiger partial charge is 0.477 e. The van der Waals surface area contributed by atoms with Crippen molar-refractivity contribution in [2.75, 3.05) is 0 Å². The summed E-state index contributed by atoms with van der Waals surface area (Å²) in [4.78, 5) is 16.8. The average Bonchev–Trinajstić information content (AvgIpc) is 3.79. The van der Waals surface area contributed by atoms with Gasteiger partial charge in [0.25, 0.3) is 0 Å². The number of alkyl halides is 1. The van der Waals surface area contributed by atoms with E-state index in [1.807, 2.05) is 96.5 Å². The number of aromatic nitrogens is 6. The number of rotatable bonds is 12. The van der Waals surface area contributed by atoms with Crippen LogP contribution in [0.5, 0.6) is 0 Å². The van der Waals surface area contributed by atoms with Crippen LogP contribution >= 0.6 is 11.6 Å². The summed E-state index contributed by atoms with van der Waals surface area (Å²) < 4.78 is 3.72. The molecule has 0 aliphatic carbocycles. The van der Waals surface area contributed by atoms with Gasteiger partial charge in [0.05, 0.1) is 11.6 Å². The number of benzene rings is 5. The van der Waals surface area contributed by atoms with Crippen LogP contribution in [-0.4, -0.2) is 40.8 Å². The number of hydrogen-bond acceptors (Lipinski definition) is 5. The monoisotopic (exact) mass is 678 g/mol. The fourth-order valence-electron chi connectivity index (χ4n) is 6.86. The zero-order valence-corrected chi connectivity index (χ0v) is 28.3. The molecule has 9 heteroatoms. The lowest BCUT2D eigenvalue weighted by molar-refractivity contribution is 0.0684. The molecule has 0 radical (unpaired) electrons. The third-order valence-corrected chi connectivity index (χ3v) is 9.31. The fraction of sp³-hybridized carbons (Fsp3) is 0.146. The normalized spacial score (nSPS) is 11.5. The van der Waals surface area contributed by atoms with Crippen molar-refractivity contribution < 1.29 is 9.90 Å². The van der Waals surface area contributed by atoms with Gasteiger partial charge in [-0.2, -0.15) is 0 Å². The van der Waals surface area contributed by atoms with Gasteiger partial charge < -0.3 is 9.67 Å². The molecule has 50 heavy (non-hydrogen) atoms. The van der Waals surface area contributed by atoms with Crippen LogP contribution in [0.15, 0.2) is 140 Å². The van der Waals surface area contributed by atoms with E-state index in [0.29, 0.717) is 24.5 Å². The van der Waals surface area contributed by atoms with E-state index in [9.17, 15) is 9.90 Å². The maximum atomic E-state index is 12.2. The molecule has 0 spiro atoms. The van der Waals surface area contributed by atoms with Gasteiger partial charge >= 0.3 is 5.97 Å². The van der Waals surface area contributed by atoms with Gasteiger partial charge in [-0.25, -0.2) is 14.5 Å². The van der Waals surface area contributed by atoms with E-state index in [1.165, 1.54) is 0 Å². The molecule has 5 aromatic carbocycles. The van der Waals surface area contributed by atoms with Crippen LogP contribution in [0.3, 0.4) is 0 Å². The van der Waals surface area contributed by atoms with Gasteiger partial charge in [0.1, 0.15) is 11.4 Å². The van der Waals surface area contributed by atoms with Gasteiger partial charge in [0, 0.05) is 18.5 Å². The second kappa shape index (κ2) is 14.3. The molecule has 1 N–H and O–H groups in total. The minimum atomic E-state index is -1.03. The van der Waals surface area contributed by atoms with Crippen molar-refractivity contribution >= 4 is 17.6 Å². The lowest BCUT2D eigenvalue weighted by Crippen LogP contribution is -2.39. The molecular weight excluding hydrogens is 644 g/mol. The summed E-state index contributed by atoms with van der Waals surface area (Å²) in [6, 6.07) is 47.3. The van der Waals surface area contributed by atoms with E-state index in [-0.39, 0.29) is 11.6 Å². The highest BCUT2D eigenvalue weighted by Crippen LogP contribution is 2.43. The maximum Gasteiger partial charge on any atom is 0.354 e. The molecule has 8 nitrogen and oxygen atoms in total. The number of carboxylic acid groups (broad SMARTS) is 1. The summed E-state index contributed by atoms with van der Waals surface area (Å²) in [5.41, 5.74) is 6.47. The molecule has 0 saturated heterocycles. The van der Waals surface area contributed by atoms with Crippen LogP contribution in [0.4, 0.5) is 0 Å². The molecule has 0 bridgehead atoms. The van der Waals surface area contributed by atoms with Gasteiger partial charge in [-0.15, -0.1) is 16.7 Å². The molecule has 248 valence electrons. The molecule has 2 aromatic heterocycles. The second-order valence-corrected chi connectivity index (χ2v) is 12.3. The number of hydrogen-bond donors (Lipinski definition) is 1. The number of nitrogens with zero attached hydrogens (tertiary/aromatic N) is 6. The Morgan fingerprint density at radius 3 is 1.80 bits per heavy atom. The van der Waals surface area contributed by atoms with Crippen molar-refractivity contribution in [1.29, 1.82) is 0 Å². The molecule has 2 heterocycles. The fourth-order valence-corrected chi connectivity index (χ4v) is 7.05. The Morgan fingerprint density at radius 1 is 0.740 bits per heavy atom. The smallest absolute Gasteiger partial charge is 0.354 e. The summed E-state index contributed by atoms with van der Waals surface area (Å²) >= 11 is 6.10. The Labute approximate surface area is 295 Å². The number of aromatic carboxylic acids is 1. The Hall–Kier alpha value is -5.86. The summed E-state index contributed by atoms with van der Waals surface area (Å²) in [6.07, 6.45) is 1.50. The van der Waals surface area contributed by atoms with Crippen molar-refractivity contribution in [2.45, 2.75) is 37.7 Å². The molecule has 0 fully saturated rings. The lowest BCUT2D eigenvalue weighted by atomic mass is 9.77. The van der Waals surface area contributed by atoms with E-state index in [0.717, 1.165) is 51.2 Å². The van der Waals surface area contributed by atoms with Gasteiger partial charge in [-0.3, -0.25) is 0 Å². The van der Waals surface area contributed by atoms with Crippen LogP contribution in [-0.2, 0) is 24.4 Å². The summed E-state index contributed by atoms with van der Waals surface area (Å²) in [7, 11) is 0. The third-order valence-electron chi connectivity index (χ3n) is 9.06. The van der Waals surface area contributed by atoms with Gasteiger partial charge in [-0.1, -0.05) is 146 Å². The molecule has 0 aliphatic rings. The Morgan fingerprint density at radius 2 is 1.28 bits per heavy atom. The van der Waals surface area contributed by atoms with Crippen molar-refractivity contribution in [3.05, 3.63) is 179 Å². The van der Waals surface area contributed by atoms with Gasteiger partial charge in [-0.05, 0) is 50.2 Å². The van der Waals surface area contributed by atoms with Crippen LogP contribution < -0.4 is 0 Å². The van der Waals surface area contributed by atoms with Gasteiger partial charge in [0.2, 0.25) is 0 Å². The molecule has 0 unspecified atom stereocenters. The highest BCUT2D eigenvalue weighted by molar-refractivity contribution is 6.17. The molecule has 7 aromatic rings. The van der Waals surface area contributed by atoms with Crippen LogP contribution in [0.2, 0.25) is 0 Å². The van der Waals surface area contributed by atoms with Crippen LogP contribution in [0.1, 0.15) is 57.6 Å². The first-order valence-corrected chi connectivity index (χ1v) is 17.1. The topological polar surface area (TPSA) is 98.7 Å². The van der Waals surface area contributed by atoms with E-state index in [2.05, 4.69) is 69.9 Å². The number of imidazole rings is 1. The first-order chi connectivity index (χ1) is 24.6. The minimum Gasteiger partial charge on any atom is -0.477 e. The zero-order chi connectivity index (χ0) is 34.5. The van der Waals surface area contributed by atoms with Crippen LogP contribution in [0.25, 0.3) is 22.5 Å². The first-order valence-electron chi connectivity index (χ1n) is 16.6. The average molecular weight is 679 g/mol. The van der Waals surface area contributed by atoms with E-state index < -0.39 is 11.5 Å². The Bertz CT molecular complexity index is 2120. The SMILES string of the molecule is CCCc1nc(CCl)c(C(=O)O)n1Cc1ccc(-c2ccccc2-c2nnnn2C(c2ccccc2)(c2ccccc2)c2ccccc2)cc1. The highest BCUT2D eigenvalue weighted by Gasteiger charge is 2.42. The summed E-state index contributed by atoms with van der Waals surface area (Å²) in [5, 5.41) is 23.7. The van der Waals surface area contributed by atoms with Crippen molar-refractivity contribution in [1.82, 2.24) is 29.8 Å². The predicted octanol–water partition coefficient (Wildman–Crippen LogP) is 8.48. The number of halogens is 1. The van der Waals surface area contributed by atoms with Crippen molar-refractivity contribution in [3.63, 3.8) is 0 Å². The van der Waals surface area contributed by atoms with E-state index >= 15 is 0 Å². The number of carboxylic acids is 1. The molecule has 0 aliphatic heterocycles.